The van der Waals surface area contributed by atoms with Crippen LogP contribution in [0.2, 0.25) is 0 Å². The molecule has 2 atom stereocenters. The number of rotatable bonds is 7. The van der Waals surface area contributed by atoms with Crippen molar-refractivity contribution < 1.29 is 14.3 Å². The SMILES string of the molecule is CC(C)(C)[C@H](N)C(=O)NCCCOCC1CCOC1.Cl. The van der Waals surface area contributed by atoms with E-state index in [4.69, 9.17) is 15.2 Å². The van der Waals surface area contributed by atoms with Crippen LogP contribution in [0.5, 0.6) is 0 Å². The molecule has 0 bridgehead atoms. The lowest BCUT2D eigenvalue weighted by Crippen LogP contribution is -2.48. The molecular formula is C14H29ClN2O3. The lowest BCUT2D eigenvalue weighted by atomic mass is 9.87. The van der Waals surface area contributed by atoms with Gasteiger partial charge in [0.1, 0.15) is 0 Å². The van der Waals surface area contributed by atoms with Gasteiger partial charge in [-0.25, -0.2) is 0 Å². The molecule has 0 saturated carbocycles. The number of amides is 1. The molecule has 0 spiro atoms. The molecule has 1 fully saturated rings. The average Bonchev–Trinajstić information content (AvgIpc) is 2.84. The first-order chi connectivity index (χ1) is 8.91. The van der Waals surface area contributed by atoms with Crippen LogP contribution in [0.3, 0.4) is 0 Å². The first kappa shape index (κ1) is 19.6. The van der Waals surface area contributed by atoms with Gasteiger partial charge >= 0.3 is 0 Å². The maximum absolute atomic E-state index is 11.7. The van der Waals surface area contributed by atoms with Gasteiger partial charge in [0.2, 0.25) is 5.91 Å². The highest BCUT2D eigenvalue weighted by Crippen LogP contribution is 2.17. The molecule has 5 nitrogen and oxygen atoms in total. The van der Waals surface area contributed by atoms with Crippen LogP contribution in [0.1, 0.15) is 33.6 Å². The maximum Gasteiger partial charge on any atom is 0.237 e. The van der Waals surface area contributed by atoms with Crippen molar-refractivity contribution in [1.29, 1.82) is 0 Å². The van der Waals surface area contributed by atoms with E-state index in [0.29, 0.717) is 19.1 Å². The molecule has 3 N–H and O–H groups in total. The molecule has 120 valence electrons. The van der Waals surface area contributed by atoms with Crippen LogP contribution in [0, 0.1) is 11.3 Å². The van der Waals surface area contributed by atoms with Crippen molar-refractivity contribution in [3.05, 3.63) is 0 Å². The summed E-state index contributed by atoms with van der Waals surface area (Å²) in [6.07, 6.45) is 1.91. The lowest BCUT2D eigenvalue weighted by molar-refractivity contribution is -0.124. The molecule has 6 heteroatoms. The fourth-order valence-corrected chi connectivity index (χ4v) is 1.85. The highest BCUT2D eigenvalue weighted by molar-refractivity contribution is 5.85. The summed E-state index contributed by atoms with van der Waals surface area (Å²) in [7, 11) is 0. The Kier molecular flexibility index (Phi) is 9.38. The van der Waals surface area contributed by atoms with E-state index in [9.17, 15) is 4.79 Å². The van der Waals surface area contributed by atoms with Crippen LogP contribution in [-0.4, -0.2) is 44.9 Å². The molecule has 0 radical (unpaired) electrons. The zero-order valence-corrected chi connectivity index (χ0v) is 13.6. The van der Waals surface area contributed by atoms with Gasteiger partial charge in [-0.1, -0.05) is 20.8 Å². The Morgan fingerprint density at radius 3 is 2.75 bits per heavy atom. The van der Waals surface area contributed by atoms with E-state index in [1.807, 2.05) is 20.8 Å². The number of hydrogen-bond donors (Lipinski definition) is 2. The molecule has 0 aromatic rings. The van der Waals surface area contributed by atoms with Gasteiger partial charge in [0.05, 0.1) is 19.3 Å². The minimum atomic E-state index is -0.468. The summed E-state index contributed by atoms with van der Waals surface area (Å²) in [4.78, 5) is 11.7. The van der Waals surface area contributed by atoms with E-state index in [1.54, 1.807) is 0 Å². The fourth-order valence-electron chi connectivity index (χ4n) is 1.85. The summed E-state index contributed by atoms with van der Waals surface area (Å²) in [6.45, 7) is 9.60. The molecule has 1 amide bonds. The zero-order chi connectivity index (χ0) is 14.3. The summed E-state index contributed by atoms with van der Waals surface area (Å²) >= 11 is 0. The third-order valence-electron chi connectivity index (χ3n) is 3.36. The fraction of sp³-hybridized carbons (Fsp3) is 0.929. The minimum absolute atomic E-state index is 0. The van der Waals surface area contributed by atoms with Crippen LogP contribution < -0.4 is 11.1 Å². The average molecular weight is 309 g/mol. The van der Waals surface area contributed by atoms with E-state index < -0.39 is 6.04 Å². The monoisotopic (exact) mass is 308 g/mol. The van der Waals surface area contributed by atoms with Gasteiger partial charge in [-0.15, -0.1) is 12.4 Å². The zero-order valence-electron chi connectivity index (χ0n) is 12.8. The van der Waals surface area contributed by atoms with Crippen LogP contribution >= 0.6 is 12.4 Å². The van der Waals surface area contributed by atoms with Gasteiger partial charge in [0.25, 0.3) is 0 Å². The van der Waals surface area contributed by atoms with Gasteiger partial charge in [0.15, 0.2) is 0 Å². The number of halogens is 1. The molecular weight excluding hydrogens is 280 g/mol. The molecule has 1 unspecified atom stereocenters. The van der Waals surface area contributed by atoms with Crippen molar-refractivity contribution in [1.82, 2.24) is 5.32 Å². The molecule has 1 heterocycles. The molecule has 1 rings (SSSR count). The minimum Gasteiger partial charge on any atom is -0.381 e. The summed E-state index contributed by atoms with van der Waals surface area (Å²) < 4.78 is 10.8. The Morgan fingerprint density at radius 2 is 2.20 bits per heavy atom. The molecule has 20 heavy (non-hydrogen) atoms. The summed E-state index contributed by atoms with van der Waals surface area (Å²) in [5.74, 6) is 0.459. The molecule has 1 saturated heterocycles. The second kappa shape index (κ2) is 9.55. The van der Waals surface area contributed by atoms with Crippen LogP contribution in [0.25, 0.3) is 0 Å². The van der Waals surface area contributed by atoms with Gasteiger partial charge in [-0.05, 0) is 18.3 Å². The third kappa shape index (κ3) is 7.43. The predicted molar refractivity (Wildman–Crippen MR) is 82.1 cm³/mol. The number of carbonyl (C=O) groups excluding carboxylic acids is 1. The smallest absolute Gasteiger partial charge is 0.237 e. The summed E-state index contributed by atoms with van der Waals surface area (Å²) in [5.41, 5.74) is 5.66. The van der Waals surface area contributed by atoms with E-state index in [-0.39, 0.29) is 23.7 Å². The highest BCUT2D eigenvalue weighted by Gasteiger charge is 2.26. The molecule has 0 aromatic heterocycles. The Hall–Kier alpha value is -0.360. The van der Waals surface area contributed by atoms with E-state index in [1.165, 1.54) is 0 Å². The molecule has 1 aliphatic rings. The quantitative estimate of drug-likeness (QED) is 0.696. The summed E-state index contributed by atoms with van der Waals surface area (Å²) in [6, 6.07) is -0.468. The third-order valence-corrected chi connectivity index (χ3v) is 3.36. The number of ether oxygens (including phenoxy) is 2. The molecule has 1 aliphatic heterocycles. The topological polar surface area (TPSA) is 73.6 Å². The number of nitrogens with one attached hydrogen (secondary N) is 1. The Morgan fingerprint density at radius 1 is 1.50 bits per heavy atom. The van der Waals surface area contributed by atoms with Gasteiger partial charge in [0, 0.05) is 25.7 Å². The van der Waals surface area contributed by atoms with Gasteiger partial charge < -0.3 is 20.5 Å². The van der Waals surface area contributed by atoms with Crippen LogP contribution in [0.4, 0.5) is 0 Å². The lowest BCUT2D eigenvalue weighted by Gasteiger charge is -2.25. The van der Waals surface area contributed by atoms with E-state index in [0.717, 1.165) is 32.7 Å². The first-order valence-corrected chi connectivity index (χ1v) is 7.10. The molecule has 0 aromatic carbocycles. The van der Waals surface area contributed by atoms with Crippen molar-refractivity contribution >= 4 is 18.3 Å². The van der Waals surface area contributed by atoms with Crippen molar-refractivity contribution in [2.45, 2.75) is 39.7 Å². The standard InChI is InChI=1S/C14H28N2O3.ClH/c1-14(2,3)12(15)13(17)16-6-4-7-18-9-11-5-8-19-10-11;/h11-12H,4-10,15H2,1-3H3,(H,16,17);1H/t11?,12-;/m1./s1. The normalized spacial score (nSPS) is 20.3. The van der Waals surface area contributed by atoms with Crippen LogP contribution in [-0.2, 0) is 14.3 Å². The Labute approximate surface area is 128 Å². The van der Waals surface area contributed by atoms with Crippen molar-refractivity contribution in [2.24, 2.45) is 17.1 Å². The van der Waals surface area contributed by atoms with E-state index in [2.05, 4.69) is 5.32 Å². The maximum atomic E-state index is 11.7. The van der Waals surface area contributed by atoms with Crippen LogP contribution in [0.15, 0.2) is 0 Å². The number of carbonyl (C=O) groups is 1. The van der Waals surface area contributed by atoms with Gasteiger partial charge in [-0.2, -0.15) is 0 Å². The Balaban J connectivity index is 0.00000361. The van der Waals surface area contributed by atoms with Crippen molar-refractivity contribution in [2.75, 3.05) is 33.0 Å². The number of nitrogens with two attached hydrogens (primary N) is 1. The molecule has 0 aliphatic carbocycles. The highest BCUT2D eigenvalue weighted by atomic mass is 35.5. The summed E-state index contributed by atoms with van der Waals surface area (Å²) in [5, 5.41) is 2.85. The largest absolute Gasteiger partial charge is 0.381 e. The predicted octanol–water partition coefficient (Wildman–Crippen LogP) is 1.34. The van der Waals surface area contributed by atoms with E-state index >= 15 is 0 Å². The first-order valence-electron chi connectivity index (χ1n) is 7.10. The number of hydrogen-bond acceptors (Lipinski definition) is 4. The van der Waals surface area contributed by atoms with Crippen molar-refractivity contribution in [3.8, 4) is 0 Å². The second-order valence-electron chi connectivity index (χ2n) is 6.29. The Bertz CT molecular complexity index is 276. The second-order valence-corrected chi connectivity index (χ2v) is 6.29. The van der Waals surface area contributed by atoms with Gasteiger partial charge in [-0.3, -0.25) is 4.79 Å². The van der Waals surface area contributed by atoms with Crippen molar-refractivity contribution in [3.63, 3.8) is 0 Å².